The van der Waals surface area contributed by atoms with E-state index in [-0.39, 0.29) is 10.7 Å². The molecular weight excluding hydrogens is 240 g/mol. The summed E-state index contributed by atoms with van der Waals surface area (Å²) in [5.41, 5.74) is 0.408. The number of rotatable bonds is 3. The number of benzene rings is 1. The van der Waals surface area contributed by atoms with E-state index >= 15 is 0 Å². The second-order valence-electron chi connectivity index (χ2n) is 3.21. The van der Waals surface area contributed by atoms with Gasteiger partial charge in [-0.05, 0) is 24.3 Å². The number of aromatic amines is 1. The first-order chi connectivity index (χ1) is 8.12. The Labute approximate surface area is 98.0 Å². The van der Waals surface area contributed by atoms with E-state index in [9.17, 15) is 8.42 Å². The Kier molecular flexibility index (Phi) is 2.80. The van der Waals surface area contributed by atoms with Gasteiger partial charge in [0.2, 0.25) is 0 Å². The summed E-state index contributed by atoms with van der Waals surface area (Å²) >= 11 is 0. The second-order valence-corrected chi connectivity index (χ2v) is 4.89. The van der Waals surface area contributed by atoms with Crippen molar-refractivity contribution in [2.24, 2.45) is 0 Å². The molecule has 7 heteroatoms. The zero-order valence-corrected chi connectivity index (χ0v) is 9.40. The number of anilines is 1. The van der Waals surface area contributed by atoms with Crippen molar-refractivity contribution in [1.29, 1.82) is 5.26 Å². The van der Waals surface area contributed by atoms with Gasteiger partial charge in [0.25, 0.3) is 10.0 Å². The largest absolute Gasteiger partial charge is 0.264 e. The van der Waals surface area contributed by atoms with Crippen molar-refractivity contribution in [1.82, 2.24) is 10.2 Å². The normalized spacial score (nSPS) is 10.8. The van der Waals surface area contributed by atoms with Crippen molar-refractivity contribution in [3.63, 3.8) is 0 Å². The third-order valence-electron chi connectivity index (χ3n) is 2.04. The Bertz CT molecular complexity index is 639. The van der Waals surface area contributed by atoms with Crippen molar-refractivity contribution in [2.45, 2.75) is 4.90 Å². The lowest BCUT2D eigenvalue weighted by Gasteiger charge is -2.05. The van der Waals surface area contributed by atoms with Crippen LogP contribution in [0, 0.1) is 11.3 Å². The van der Waals surface area contributed by atoms with Crippen LogP contribution in [-0.2, 0) is 10.0 Å². The highest BCUT2D eigenvalue weighted by Gasteiger charge is 2.14. The van der Waals surface area contributed by atoms with E-state index in [0.29, 0.717) is 5.56 Å². The van der Waals surface area contributed by atoms with Gasteiger partial charge in [-0.15, -0.1) is 0 Å². The molecule has 0 fully saturated rings. The summed E-state index contributed by atoms with van der Waals surface area (Å²) in [5, 5.41) is 14.7. The van der Waals surface area contributed by atoms with Gasteiger partial charge in [0.05, 0.1) is 22.7 Å². The zero-order chi connectivity index (χ0) is 12.3. The van der Waals surface area contributed by atoms with Crippen LogP contribution < -0.4 is 4.72 Å². The maximum absolute atomic E-state index is 11.9. The maximum Gasteiger partial charge on any atom is 0.263 e. The molecule has 0 aliphatic rings. The van der Waals surface area contributed by atoms with Crippen molar-refractivity contribution >= 4 is 15.8 Å². The fourth-order valence-corrected chi connectivity index (χ4v) is 2.24. The SMILES string of the molecule is N#Cc1ccc(S(=O)(=O)Nc2ccn[nH]2)cc1. The summed E-state index contributed by atoms with van der Waals surface area (Å²) in [6.45, 7) is 0. The van der Waals surface area contributed by atoms with Crippen LogP contribution in [0.25, 0.3) is 0 Å². The minimum Gasteiger partial charge on any atom is -0.264 e. The second kappa shape index (κ2) is 4.27. The van der Waals surface area contributed by atoms with Crippen LogP contribution in [0.5, 0.6) is 0 Å². The summed E-state index contributed by atoms with van der Waals surface area (Å²) in [6, 6.07) is 9.06. The lowest BCUT2D eigenvalue weighted by Crippen LogP contribution is -2.13. The van der Waals surface area contributed by atoms with Crippen LogP contribution in [0.4, 0.5) is 5.82 Å². The molecule has 0 unspecified atom stereocenters. The quantitative estimate of drug-likeness (QED) is 0.849. The minimum atomic E-state index is -3.64. The Morgan fingerprint density at radius 2 is 1.94 bits per heavy atom. The van der Waals surface area contributed by atoms with Crippen LogP contribution >= 0.6 is 0 Å². The average molecular weight is 248 g/mol. The zero-order valence-electron chi connectivity index (χ0n) is 8.58. The van der Waals surface area contributed by atoms with Gasteiger partial charge >= 0.3 is 0 Å². The molecule has 0 spiro atoms. The van der Waals surface area contributed by atoms with Gasteiger partial charge in [-0.2, -0.15) is 10.4 Å². The molecule has 1 heterocycles. The Hall–Kier alpha value is -2.33. The Balaban J connectivity index is 2.29. The number of aromatic nitrogens is 2. The van der Waals surface area contributed by atoms with Gasteiger partial charge < -0.3 is 0 Å². The predicted octanol–water partition coefficient (Wildman–Crippen LogP) is 1.08. The molecule has 0 amide bonds. The van der Waals surface area contributed by atoms with Crippen molar-refractivity contribution < 1.29 is 8.42 Å². The van der Waals surface area contributed by atoms with Gasteiger partial charge in [0.15, 0.2) is 0 Å². The molecule has 0 atom stereocenters. The fraction of sp³-hybridized carbons (Fsp3) is 0. The van der Waals surface area contributed by atoms with E-state index in [2.05, 4.69) is 14.9 Å². The molecule has 2 aromatic rings. The summed E-state index contributed by atoms with van der Waals surface area (Å²) in [5.74, 6) is 0.286. The summed E-state index contributed by atoms with van der Waals surface area (Å²) in [7, 11) is -3.64. The number of nitrogens with zero attached hydrogens (tertiary/aromatic N) is 2. The number of H-pyrrole nitrogens is 1. The molecule has 86 valence electrons. The highest BCUT2D eigenvalue weighted by atomic mass is 32.2. The van der Waals surface area contributed by atoms with E-state index in [0.717, 1.165) is 0 Å². The summed E-state index contributed by atoms with van der Waals surface area (Å²) in [6.07, 6.45) is 1.44. The van der Waals surface area contributed by atoms with E-state index in [1.165, 1.54) is 36.5 Å². The molecule has 0 aliphatic heterocycles. The van der Waals surface area contributed by atoms with Crippen LogP contribution in [0.1, 0.15) is 5.56 Å². The van der Waals surface area contributed by atoms with E-state index in [4.69, 9.17) is 5.26 Å². The molecule has 6 nitrogen and oxygen atoms in total. The average Bonchev–Trinajstić information content (AvgIpc) is 2.81. The monoisotopic (exact) mass is 248 g/mol. The molecule has 2 N–H and O–H groups in total. The molecule has 1 aromatic carbocycles. The van der Waals surface area contributed by atoms with Gasteiger partial charge in [-0.3, -0.25) is 9.82 Å². The lowest BCUT2D eigenvalue weighted by atomic mass is 10.2. The third kappa shape index (κ3) is 2.43. The van der Waals surface area contributed by atoms with Gasteiger partial charge in [-0.1, -0.05) is 0 Å². The van der Waals surface area contributed by atoms with Crippen molar-refractivity contribution in [3.8, 4) is 6.07 Å². The standard InChI is InChI=1S/C10H8N4O2S/c11-7-8-1-3-9(4-2-8)17(15,16)14-10-5-6-12-13-10/h1-6H,(H2,12,13,14). The maximum atomic E-state index is 11.9. The first-order valence-corrected chi connectivity index (χ1v) is 6.12. The van der Waals surface area contributed by atoms with E-state index < -0.39 is 10.0 Å². The molecule has 0 saturated heterocycles. The first-order valence-electron chi connectivity index (χ1n) is 4.64. The third-order valence-corrected chi connectivity index (χ3v) is 3.42. The van der Waals surface area contributed by atoms with Gasteiger partial charge in [-0.25, -0.2) is 8.42 Å². The molecule has 1 aromatic heterocycles. The summed E-state index contributed by atoms with van der Waals surface area (Å²) < 4.78 is 26.0. The smallest absolute Gasteiger partial charge is 0.263 e. The Morgan fingerprint density at radius 1 is 1.24 bits per heavy atom. The number of nitrogens with one attached hydrogen (secondary N) is 2. The van der Waals surface area contributed by atoms with Crippen LogP contribution in [0.15, 0.2) is 41.4 Å². The number of nitriles is 1. The fourth-order valence-electron chi connectivity index (χ4n) is 1.23. The molecule has 2 rings (SSSR count). The van der Waals surface area contributed by atoms with E-state index in [1.54, 1.807) is 0 Å². The topological polar surface area (TPSA) is 98.6 Å². The molecule has 17 heavy (non-hydrogen) atoms. The highest BCUT2D eigenvalue weighted by molar-refractivity contribution is 7.92. The number of hydrogen-bond donors (Lipinski definition) is 2. The number of sulfonamides is 1. The molecule has 0 radical (unpaired) electrons. The van der Waals surface area contributed by atoms with Gasteiger partial charge in [0.1, 0.15) is 5.82 Å². The van der Waals surface area contributed by atoms with E-state index in [1.807, 2.05) is 6.07 Å². The molecular formula is C10H8N4O2S. The number of hydrogen-bond acceptors (Lipinski definition) is 4. The van der Waals surface area contributed by atoms with Crippen LogP contribution in [0.3, 0.4) is 0 Å². The molecule has 0 bridgehead atoms. The molecule has 0 saturated carbocycles. The van der Waals surface area contributed by atoms with Crippen molar-refractivity contribution in [2.75, 3.05) is 4.72 Å². The van der Waals surface area contributed by atoms with Gasteiger partial charge in [0, 0.05) is 6.07 Å². The first kappa shape index (κ1) is 11.2. The minimum absolute atomic E-state index is 0.0890. The lowest BCUT2D eigenvalue weighted by molar-refractivity contribution is 0.601. The van der Waals surface area contributed by atoms with Crippen molar-refractivity contribution in [3.05, 3.63) is 42.1 Å². The van der Waals surface area contributed by atoms with Crippen LogP contribution in [-0.4, -0.2) is 18.6 Å². The predicted molar refractivity (Wildman–Crippen MR) is 60.6 cm³/mol. The molecule has 0 aliphatic carbocycles. The van der Waals surface area contributed by atoms with Crippen LogP contribution in [0.2, 0.25) is 0 Å². The highest BCUT2D eigenvalue weighted by Crippen LogP contribution is 2.14. The summed E-state index contributed by atoms with van der Waals surface area (Å²) in [4.78, 5) is 0.0890. The Morgan fingerprint density at radius 3 is 2.47 bits per heavy atom.